The number of piperidine rings is 1. The van der Waals surface area contributed by atoms with Gasteiger partial charge < -0.3 is 24.6 Å². The number of hydrogen-bond acceptors (Lipinski definition) is 5. The molecule has 2 unspecified atom stereocenters. The molecule has 3 fully saturated rings. The largest absolute Gasteiger partial charge is 0.573 e. The summed E-state index contributed by atoms with van der Waals surface area (Å²) >= 11 is 5.20. The van der Waals surface area contributed by atoms with Gasteiger partial charge in [-0.15, -0.1) is 13.2 Å². The minimum absolute atomic E-state index is 0.0228. The number of rotatable bonds is 6. The van der Waals surface area contributed by atoms with Crippen molar-refractivity contribution < 1.29 is 27.2 Å². The Bertz CT molecular complexity index is 994. The van der Waals surface area contributed by atoms with Gasteiger partial charge in [-0.25, -0.2) is 0 Å². The van der Waals surface area contributed by atoms with Crippen molar-refractivity contribution in [2.24, 2.45) is 5.73 Å². The van der Waals surface area contributed by atoms with Gasteiger partial charge in [0.2, 0.25) is 0 Å². The van der Waals surface area contributed by atoms with E-state index in [0.717, 1.165) is 38.5 Å². The second kappa shape index (κ2) is 8.22. The summed E-state index contributed by atoms with van der Waals surface area (Å²) in [6, 6.07) is 6.54. The molecule has 1 aliphatic carbocycles. The van der Waals surface area contributed by atoms with Gasteiger partial charge in [-0.3, -0.25) is 0 Å². The van der Waals surface area contributed by atoms with E-state index in [1.54, 1.807) is 12.1 Å². The van der Waals surface area contributed by atoms with Gasteiger partial charge in [0, 0.05) is 29.1 Å². The minimum atomic E-state index is -4.80. The van der Waals surface area contributed by atoms with Crippen molar-refractivity contribution in [2.75, 3.05) is 0 Å². The Morgan fingerprint density at radius 1 is 1.16 bits per heavy atom. The molecule has 0 spiro atoms. The topological polar surface area (TPSA) is 73.8 Å². The SMILES string of the molecule is NC(=S)N1C2CC[C@H]1CC(OCc1c(-c3ccccc3OC(F)(F)F)noc1C1CC1)C2. The summed E-state index contributed by atoms with van der Waals surface area (Å²) in [5.41, 5.74) is 7.18. The highest BCUT2D eigenvalue weighted by atomic mass is 32.1. The first-order chi connectivity index (χ1) is 15.3. The van der Waals surface area contributed by atoms with E-state index in [1.165, 1.54) is 12.1 Å². The summed E-state index contributed by atoms with van der Waals surface area (Å²) in [6.07, 6.45) is 0.882. The van der Waals surface area contributed by atoms with Crippen molar-refractivity contribution in [1.29, 1.82) is 0 Å². The van der Waals surface area contributed by atoms with Crippen LogP contribution < -0.4 is 10.5 Å². The van der Waals surface area contributed by atoms with Crippen LogP contribution in [0.5, 0.6) is 5.75 Å². The summed E-state index contributed by atoms with van der Waals surface area (Å²) in [6.45, 7) is 0.224. The molecule has 172 valence electrons. The number of benzene rings is 1. The van der Waals surface area contributed by atoms with Gasteiger partial charge in [-0.05, 0) is 62.9 Å². The van der Waals surface area contributed by atoms with Gasteiger partial charge in [0.1, 0.15) is 17.2 Å². The van der Waals surface area contributed by atoms with E-state index in [0.29, 0.717) is 22.1 Å². The normalized spacial score (nSPS) is 25.2. The lowest BCUT2D eigenvalue weighted by molar-refractivity contribution is -0.274. The second-order valence-corrected chi connectivity index (χ2v) is 9.15. The fourth-order valence-electron chi connectivity index (χ4n) is 5.04. The molecule has 0 amide bonds. The zero-order valence-corrected chi connectivity index (χ0v) is 18.1. The smallest absolute Gasteiger partial charge is 0.405 e. The van der Waals surface area contributed by atoms with Crippen molar-refractivity contribution in [3.05, 3.63) is 35.6 Å². The predicted octanol–water partition coefficient (Wildman–Crippen LogP) is 4.87. The van der Waals surface area contributed by atoms with Gasteiger partial charge >= 0.3 is 6.36 Å². The van der Waals surface area contributed by atoms with Crippen LogP contribution in [0.4, 0.5) is 13.2 Å². The predicted molar refractivity (Wildman–Crippen MR) is 114 cm³/mol. The molecule has 2 aliphatic heterocycles. The Kier molecular flexibility index (Phi) is 5.53. The Hall–Kier alpha value is -2.33. The first-order valence-electron chi connectivity index (χ1n) is 10.8. The maximum Gasteiger partial charge on any atom is 0.573 e. The molecule has 2 N–H and O–H groups in total. The Morgan fingerprint density at radius 3 is 2.47 bits per heavy atom. The molecule has 2 aromatic rings. The number of hydrogen-bond donors (Lipinski definition) is 1. The van der Waals surface area contributed by atoms with Crippen LogP contribution in [0.15, 0.2) is 28.8 Å². The van der Waals surface area contributed by atoms with Crippen LogP contribution in [0.1, 0.15) is 55.8 Å². The first kappa shape index (κ1) is 21.5. The zero-order chi connectivity index (χ0) is 22.5. The minimum Gasteiger partial charge on any atom is -0.405 e. The third-order valence-electron chi connectivity index (χ3n) is 6.54. The molecule has 3 aliphatic rings. The lowest BCUT2D eigenvalue weighted by Crippen LogP contribution is -2.50. The van der Waals surface area contributed by atoms with Crippen LogP contribution in [0.25, 0.3) is 11.3 Å². The van der Waals surface area contributed by atoms with E-state index in [9.17, 15) is 13.2 Å². The van der Waals surface area contributed by atoms with Gasteiger partial charge in [0.25, 0.3) is 0 Å². The Morgan fingerprint density at radius 2 is 1.84 bits per heavy atom. The first-order valence-corrected chi connectivity index (χ1v) is 11.2. The number of alkyl halides is 3. The number of fused-ring (bicyclic) bond motifs is 2. The van der Waals surface area contributed by atoms with Crippen molar-refractivity contribution in [3.63, 3.8) is 0 Å². The fourth-order valence-corrected chi connectivity index (χ4v) is 5.34. The van der Waals surface area contributed by atoms with Crippen molar-refractivity contribution in [1.82, 2.24) is 10.1 Å². The zero-order valence-electron chi connectivity index (χ0n) is 17.3. The van der Waals surface area contributed by atoms with Crippen LogP contribution >= 0.6 is 12.2 Å². The van der Waals surface area contributed by atoms with Crippen LogP contribution in [0.3, 0.4) is 0 Å². The molecule has 1 saturated carbocycles. The molecule has 5 rings (SSSR count). The summed E-state index contributed by atoms with van der Waals surface area (Å²) in [4.78, 5) is 2.13. The molecular weight excluding hydrogens is 443 g/mol. The van der Waals surface area contributed by atoms with Gasteiger partial charge in [0.15, 0.2) is 5.11 Å². The van der Waals surface area contributed by atoms with Crippen LogP contribution in [0, 0.1) is 0 Å². The average Bonchev–Trinajstić information content (AvgIpc) is 3.42. The lowest BCUT2D eigenvalue weighted by atomic mass is 9.99. The number of nitrogens with two attached hydrogens (primary N) is 1. The highest BCUT2D eigenvalue weighted by molar-refractivity contribution is 7.80. The molecule has 3 heterocycles. The summed E-state index contributed by atoms with van der Waals surface area (Å²) in [7, 11) is 0. The third-order valence-corrected chi connectivity index (χ3v) is 6.75. The number of thiocarbonyl (C=S) groups is 1. The molecular formula is C22H24F3N3O3S. The summed E-state index contributed by atoms with van der Waals surface area (Å²) < 4.78 is 54.9. The van der Waals surface area contributed by atoms with E-state index in [1.807, 2.05) is 0 Å². The van der Waals surface area contributed by atoms with Gasteiger partial charge in [0.05, 0.1) is 12.7 Å². The van der Waals surface area contributed by atoms with Crippen molar-refractivity contribution in [2.45, 2.75) is 75.6 Å². The second-order valence-electron chi connectivity index (χ2n) is 8.73. The standard InChI is InChI=1S/C22H24F3N3O3S/c23-22(24,25)30-18-4-2-1-3-16(18)19-17(20(31-27-19)12-5-6-12)11-29-15-9-13-7-8-14(10-15)28(13)21(26)32/h1-4,12-15H,5-11H2,(H2,26,32)/t13-,14?,15?/m0/s1. The van der Waals surface area contributed by atoms with Crippen molar-refractivity contribution >= 4 is 17.3 Å². The quantitative estimate of drug-likeness (QED) is 0.608. The van der Waals surface area contributed by atoms with E-state index < -0.39 is 6.36 Å². The number of para-hydroxylation sites is 1. The average molecular weight is 468 g/mol. The monoisotopic (exact) mass is 467 g/mol. The molecule has 2 bridgehead atoms. The van der Waals surface area contributed by atoms with Gasteiger partial charge in [-0.1, -0.05) is 17.3 Å². The van der Waals surface area contributed by atoms with Crippen molar-refractivity contribution in [3.8, 4) is 17.0 Å². The summed E-state index contributed by atoms with van der Waals surface area (Å²) in [5.74, 6) is 0.628. The molecule has 0 radical (unpaired) electrons. The number of aromatic nitrogens is 1. The van der Waals surface area contributed by atoms with Crippen LogP contribution in [-0.2, 0) is 11.3 Å². The molecule has 1 aromatic carbocycles. The molecule has 6 nitrogen and oxygen atoms in total. The molecule has 1 aromatic heterocycles. The molecule has 2 saturated heterocycles. The lowest BCUT2D eigenvalue weighted by Gasteiger charge is -2.39. The Labute approximate surface area is 188 Å². The number of halogens is 3. The number of nitrogens with zero attached hydrogens (tertiary/aromatic N) is 2. The third kappa shape index (κ3) is 4.30. The van der Waals surface area contributed by atoms with E-state index in [4.69, 9.17) is 27.2 Å². The highest BCUT2D eigenvalue weighted by Crippen LogP contribution is 2.46. The number of ether oxygens (including phenoxy) is 2. The molecule has 3 atom stereocenters. The Balaban J connectivity index is 1.38. The van der Waals surface area contributed by atoms with Gasteiger partial charge in [-0.2, -0.15) is 0 Å². The fraction of sp³-hybridized carbons (Fsp3) is 0.545. The van der Waals surface area contributed by atoms with Crippen LogP contribution in [0.2, 0.25) is 0 Å². The van der Waals surface area contributed by atoms with E-state index >= 15 is 0 Å². The van der Waals surface area contributed by atoms with Crippen LogP contribution in [-0.4, -0.2) is 39.7 Å². The summed E-state index contributed by atoms with van der Waals surface area (Å²) in [5, 5.41) is 4.57. The highest BCUT2D eigenvalue weighted by Gasteiger charge is 2.42. The molecule has 32 heavy (non-hydrogen) atoms. The molecule has 10 heteroatoms. The van der Waals surface area contributed by atoms with E-state index in [-0.39, 0.29) is 42.0 Å². The van der Waals surface area contributed by atoms with E-state index in [2.05, 4.69) is 14.8 Å². The maximum absolute atomic E-state index is 12.9. The maximum atomic E-state index is 12.9.